The number of ether oxygens (including phenoxy) is 1. The van der Waals surface area contributed by atoms with Crippen molar-refractivity contribution in [1.82, 2.24) is 5.32 Å². The third-order valence-corrected chi connectivity index (χ3v) is 2.41. The number of carbonyl (C=O) groups is 2. The van der Waals surface area contributed by atoms with Gasteiger partial charge in [-0.15, -0.1) is 0 Å². The van der Waals surface area contributed by atoms with Crippen LogP contribution in [0.5, 0.6) is 5.75 Å². The van der Waals surface area contributed by atoms with E-state index >= 15 is 0 Å². The minimum absolute atomic E-state index is 0.00893. The van der Waals surface area contributed by atoms with Crippen molar-refractivity contribution in [2.45, 2.75) is 6.42 Å². The number of nitrogens with one attached hydrogen (secondary N) is 2. The molecule has 1 heterocycles. The van der Waals surface area contributed by atoms with Gasteiger partial charge in [-0.3, -0.25) is 9.59 Å². The largest absolute Gasteiger partial charge is 0.482 e. The lowest BCUT2D eigenvalue weighted by Crippen LogP contribution is -2.26. The molecule has 2 rings (SSSR count). The number of fused-ring (bicyclic) bond motifs is 1. The SMILES string of the molecule is N#CCNC(=O)Cc1ccc2c(c1)NC(=O)CO2. The molecule has 1 aliphatic heterocycles. The maximum atomic E-state index is 11.4. The van der Waals surface area contributed by atoms with Crippen LogP contribution in [0.1, 0.15) is 5.56 Å². The van der Waals surface area contributed by atoms with Crippen molar-refractivity contribution in [2.75, 3.05) is 18.5 Å². The van der Waals surface area contributed by atoms with Crippen molar-refractivity contribution in [2.24, 2.45) is 0 Å². The molecule has 1 aromatic carbocycles. The van der Waals surface area contributed by atoms with Crippen LogP contribution in [0.2, 0.25) is 0 Å². The molecular weight excluding hydrogens is 234 g/mol. The van der Waals surface area contributed by atoms with Gasteiger partial charge in [0.25, 0.3) is 5.91 Å². The molecule has 6 heteroatoms. The lowest BCUT2D eigenvalue weighted by Gasteiger charge is -2.18. The number of amides is 2. The van der Waals surface area contributed by atoms with Crippen LogP contribution in [0.15, 0.2) is 18.2 Å². The molecule has 2 amide bonds. The summed E-state index contributed by atoms with van der Waals surface area (Å²) >= 11 is 0. The normalized spacial score (nSPS) is 12.7. The number of benzene rings is 1. The standard InChI is InChI=1S/C12H11N3O3/c13-3-4-14-11(16)6-8-1-2-10-9(5-8)15-12(17)7-18-10/h1-2,5H,4,6-7H2,(H,14,16)(H,15,17). The first-order valence-corrected chi connectivity index (χ1v) is 5.38. The average Bonchev–Trinajstić information content (AvgIpc) is 2.36. The van der Waals surface area contributed by atoms with E-state index in [9.17, 15) is 9.59 Å². The second kappa shape index (κ2) is 5.19. The fourth-order valence-electron chi connectivity index (χ4n) is 1.63. The average molecular weight is 245 g/mol. The Morgan fingerprint density at radius 1 is 1.56 bits per heavy atom. The molecule has 0 bridgehead atoms. The molecule has 0 spiro atoms. The Balaban J connectivity index is 2.07. The predicted molar refractivity (Wildman–Crippen MR) is 62.9 cm³/mol. The van der Waals surface area contributed by atoms with E-state index in [0.29, 0.717) is 11.4 Å². The molecule has 0 saturated carbocycles. The van der Waals surface area contributed by atoms with Gasteiger partial charge in [0.2, 0.25) is 5.91 Å². The van der Waals surface area contributed by atoms with Gasteiger partial charge in [0, 0.05) is 0 Å². The predicted octanol–water partition coefficient (Wildman–Crippen LogP) is 0.200. The number of anilines is 1. The summed E-state index contributed by atoms with van der Waals surface area (Å²) in [5, 5.41) is 13.5. The van der Waals surface area contributed by atoms with E-state index in [0.717, 1.165) is 5.56 Å². The van der Waals surface area contributed by atoms with Crippen molar-refractivity contribution in [3.63, 3.8) is 0 Å². The van der Waals surface area contributed by atoms with Crippen LogP contribution >= 0.6 is 0 Å². The van der Waals surface area contributed by atoms with Crippen LogP contribution in [0, 0.1) is 11.3 Å². The smallest absolute Gasteiger partial charge is 0.262 e. The lowest BCUT2D eigenvalue weighted by atomic mass is 10.1. The summed E-state index contributed by atoms with van der Waals surface area (Å²) in [5.74, 6) is 0.143. The van der Waals surface area contributed by atoms with Crippen molar-refractivity contribution in [3.05, 3.63) is 23.8 Å². The molecule has 0 aliphatic carbocycles. The zero-order chi connectivity index (χ0) is 13.0. The molecule has 0 unspecified atom stereocenters. The summed E-state index contributed by atoms with van der Waals surface area (Å²) in [6.07, 6.45) is 0.158. The van der Waals surface area contributed by atoms with Crippen molar-refractivity contribution >= 4 is 17.5 Å². The van der Waals surface area contributed by atoms with Crippen LogP contribution in [-0.4, -0.2) is 25.0 Å². The van der Waals surface area contributed by atoms with Crippen LogP contribution in [0.25, 0.3) is 0 Å². The van der Waals surface area contributed by atoms with Crippen molar-refractivity contribution in [3.8, 4) is 11.8 Å². The zero-order valence-corrected chi connectivity index (χ0v) is 9.53. The molecule has 0 radical (unpaired) electrons. The van der Waals surface area contributed by atoms with Gasteiger partial charge >= 0.3 is 0 Å². The molecular formula is C12H11N3O3. The fraction of sp³-hybridized carbons (Fsp3) is 0.250. The van der Waals surface area contributed by atoms with Gasteiger partial charge in [-0.1, -0.05) is 6.07 Å². The topological polar surface area (TPSA) is 91.2 Å². The summed E-state index contributed by atoms with van der Waals surface area (Å²) in [6, 6.07) is 6.99. The summed E-state index contributed by atoms with van der Waals surface area (Å²) in [5.41, 5.74) is 1.31. The minimum atomic E-state index is -0.237. The van der Waals surface area contributed by atoms with E-state index in [1.165, 1.54) is 0 Å². The third kappa shape index (κ3) is 2.77. The molecule has 2 N–H and O–H groups in total. The van der Waals surface area contributed by atoms with Crippen LogP contribution < -0.4 is 15.4 Å². The molecule has 0 aromatic heterocycles. The number of rotatable bonds is 3. The molecule has 92 valence electrons. The van der Waals surface area contributed by atoms with E-state index in [1.54, 1.807) is 18.2 Å². The van der Waals surface area contributed by atoms with Crippen molar-refractivity contribution < 1.29 is 14.3 Å². The number of hydrogen-bond donors (Lipinski definition) is 2. The number of carbonyl (C=O) groups excluding carboxylic acids is 2. The van der Waals surface area contributed by atoms with E-state index in [4.69, 9.17) is 10.00 Å². The van der Waals surface area contributed by atoms with Gasteiger partial charge in [0.1, 0.15) is 12.3 Å². The molecule has 1 aliphatic rings. The molecule has 0 fully saturated rings. The molecule has 0 saturated heterocycles. The summed E-state index contributed by atoms with van der Waals surface area (Å²) in [4.78, 5) is 22.6. The highest BCUT2D eigenvalue weighted by Gasteiger charge is 2.16. The number of nitrogens with zero attached hydrogens (tertiary/aromatic N) is 1. The Labute approximate surface area is 104 Å². The highest BCUT2D eigenvalue weighted by Crippen LogP contribution is 2.28. The Morgan fingerprint density at radius 3 is 3.17 bits per heavy atom. The maximum Gasteiger partial charge on any atom is 0.262 e. The first-order valence-electron chi connectivity index (χ1n) is 5.38. The van der Waals surface area contributed by atoms with Crippen LogP contribution in [0.3, 0.4) is 0 Å². The Morgan fingerprint density at radius 2 is 2.39 bits per heavy atom. The monoisotopic (exact) mass is 245 g/mol. The van der Waals surface area contributed by atoms with Crippen molar-refractivity contribution in [1.29, 1.82) is 5.26 Å². The van der Waals surface area contributed by atoms with E-state index < -0.39 is 0 Å². The van der Waals surface area contributed by atoms with Gasteiger partial charge in [-0.25, -0.2) is 0 Å². The molecule has 0 atom stereocenters. The first kappa shape index (κ1) is 11.9. The minimum Gasteiger partial charge on any atom is -0.482 e. The van der Waals surface area contributed by atoms with E-state index in [2.05, 4.69) is 10.6 Å². The number of nitriles is 1. The van der Waals surface area contributed by atoms with Gasteiger partial charge in [-0.2, -0.15) is 5.26 Å². The van der Waals surface area contributed by atoms with Crippen LogP contribution in [-0.2, 0) is 16.0 Å². The molecule has 1 aromatic rings. The quantitative estimate of drug-likeness (QED) is 0.744. The summed E-state index contributed by atoms with van der Waals surface area (Å²) < 4.78 is 5.20. The molecule has 18 heavy (non-hydrogen) atoms. The Bertz CT molecular complexity index is 534. The van der Waals surface area contributed by atoms with Gasteiger partial charge in [0.15, 0.2) is 6.61 Å². The lowest BCUT2D eigenvalue weighted by molar-refractivity contribution is -0.120. The fourth-order valence-corrected chi connectivity index (χ4v) is 1.63. The summed E-state index contributed by atoms with van der Waals surface area (Å²) in [6.45, 7) is -0.00137. The third-order valence-electron chi connectivity index (χ3n) is 2.41. The molecule has 6 nitrogen and oxygen atoms in total. The van der Waals surface area contributed by atoms with Gasteiger partial charge in [0.05, 0.1) is 18.2 Å². The second-order valence-electron chi connectivity index (χ2n) is 3.78. The van der Waals surface area contributed by atoms with Crippen LogP contribution in [0.4, 0.5) is 5.69 Å². The van der Waals surface area contributed by atoms with Gasteiger partial charge < -0.3 is 15.4 Å². The van der Waals surface area contributed by atoms with E-state index in [-0.39, 0.29) is 31.4 Å². The first-order chi connectivity index (χ1) is 8.69. The highest BCUT2D eigenvalue weighted by atomic mass is 16.5. The summed E-state index contributed by atoms with van der Waals surface area (Å²) in [7, 11) is 0. The Kier molecular flexibility index (Phi) is 3.44. The second-order valence-corrected chi connectivity index (χ2v) is 3.78. The van der Waals surface area contributed by atoms with Gasteiger partial charge in [-0.05, 0) is 17.7 Å². The maximum absolute atomic E-state index is 11.4. The number of hydrogen-bond acceptors (Lipinski definition) is 4. The highest BCUT2D eigenvalue weighted by molar-refractivity contribution is 5.95. The zero-order valence-electron chi connectivity index (χ0n) is 9.53. The Hall–Kier alpha value is -2.55. The van der Waals surface area contributed by atoms with E-state index in [1.807, 2.05) is 6.07 Å².